The fraction of sp³-hybridized carbons (Fsp3) is 0.930. The summed E-state index contributed by atoms with van der Waals surface area (Å²) in [5, 5.41) is 13.6. The van der Waals surface area contributed by atoms with Crippen molar-refractivity contribution in [2.45, 2.75) is 219 Å². The molecule has 0 aromatic heterocycles. The molecule has 0 saturated heterocycles. The van der Waals surface area contributed by atoms with Gasteiger partial charge in [-0.05, 0) is 19.3 Å². The molecule has 2 N–H and O–H groups in total. The molecule has 52 heavy (non-hydrogen) atoms. The van der Waals surface area contributed by atoms with Gasteiger partial charge in [0.1, 0.15) is 13.2 Å². The van der Waals surface area contributed by atoms with Gasteiger partial charge >= 0.3 is 0 Å². The Labute approximate surface area is 322 Å². The first-order valence-electron chi connectivity index (χ1n) is 22.1. The van der Waals surface area contributed by atoms with Crippen LogP contribution in [-0.2, 0) is 18.4 Å². The summed E-state index contributed by atoms with van der Waals surface area (Å²) >= 11 is 0. The van der Waals surface area contributed by atoms with Crippen molar-refractivity contribution in [2.24, 2.45) is 0 Å². The van der Waals surface area contributed by atoms with Gasteiger partial charge in [0, 0.05) is 6.42 Å². The third-order valence-electron chi connectivity index (χ3n) is 10.00. The lowest BCUT2D eigenvalue weighted by Gasteiger charge is -2.29. The molecule has 3 unspecified atom stereocenters. The summed E-state index contributed by atoms with van der Waals surface area (Å²) in [4.78, 5) is 24.9. The molecular weight excluding hydrogens is 671 g/mol. The summed E-state index contributed by atoms with van der Waals surface area (Å²) < 4.78 is 23.0. The van der Waals surface area contributed by atoms with Crippen LogP contribution in [0.25, 0.3) is 0 Å². The van der Waals surface area contributed by atoms with E-state index in [-0.39, 0.29) is 19.1 Å². The number of unbranched alkanes of at least 4 members (excludes halogenated alkanes) is 27. The van der Waals surface area contributed by atoms with Gasteiger partial charge in [-0.25, -0.2) is 0 Å². The molecular formula is C43H87N2O6P. The molecule has 0 aromatic carbocycles. The molecule has 310 valence electrons. The highest BCUT2D eigenvalue weighted by atomic mass is 31.2. The van der Waals surface area contributed by atoms with Crippen LogP contribution in [0.15, 0.2) is 12.2 Å². The fourth-order valence-corrected chi connectivity index (χ4v) is 7.17. The lowest BCUT2D eigenvalue weighted by Crippen LogP contribution is -2.45. The first-order chi connectivity index (χ1) is 25.0. The Balaban J connectivity index is 4.05. The monoisotopic (exact) mass is 759 g/mol. The van der Waals surface area contributed by atoms with Crippen LogP contribution in [0.5, 0.6) is 0 Å². The number of phosphoric acid groups is 1. The van der Waals surface area contributed by atoms with Gasteiger partial charge in [-0.15, -0.1) is 0 Å². The third kappa shape index (κ3) is 37.6. The zero-order chi connectivity index (χ0) is 38.6. The van der Waals surface area contributed by atoms with Crippen molar-refractivity contribution in [3.8, 4) is 0 Å². The fourth-order valence-electron chi connectivity index (χ4n) is 6.45. The average molecular weight is 759 g/mol. The van der Waals surface area contributed by atoms with Gasteiger partial charge in [-0.3, -0.25) is 9.36 Å². The van der Waals surface area contributed by atoms with Crippen LogP contribution in [0.3, 0.4) is 0 Å². The second-order valence-corrected chi connectivity index (χ2v) is 17.8. The van der Waals surface area contributed by atoms with E-state index in [0.29, 0.717) is 17.4 Å². The van der Waals surface area contributed by atoms with Crippen molar-refractivity contribution in [1.82, 2.24) is 5.32 Å². The van der Waals surface area contributed by atoms with Gasteiger partial charge < -0.3 is 28.8 Å². The highest BCUT2D eigenvalue weighted by Gasteiger charge is 2.23. The van der Waals surface area contributed by atoms with Crippen molar-refractivity contribution in [1.29, 1.82) is 0 Å². The number of aliphatic hydroxyl groups is 1. The van der Waals surface area contributed by atoms with Gasteiger partial charge in [0.25, 0.3) is 7.82 Å². The molecule has 8 nitrogen and oxygen atoms in total. The SMILES string of the molecule is CCCCCCCCCCCCCCCCCCCCCCCCC/C=C/C(O)C(COP(=O)([O-])OCC[N+](C)(C)C)NC(=O)CCCCCCC. The van der Waals surface area contributed by atoms with Gasteiger partial charge in [0.2, 0.25) is 5.91 Å². The van der Waals surface area contributed by atoms with E-state index in [1.54, 1.807) is 6.08 Å². The third-order valence-corrected chi connectivity index (χ3v) is 11.0. The molecule has 0 aromatic rings. The molecule has 0 rings (SSSR count). The molecule has 0 heterocycles. The molecule has 0 bridgehead atoms. The number of phosphoric ester groups is 1. The number of carbonyl (C=O) groups is 1. The van der Waals surface area contributed by atoms with Crippen molar-refractivity contribution >= 4 is 13.7 Å². The normalized spacial score (nSPS) is 14.5. The summed E-state index contributed by atoms with van der Waals surface area (Å²) in [7, 11) is 1.26. The Kier molecular flexibility index (Phi) is 35.4. The molecule has 0 radical (unpaired) electrons. The maximum Gasteiger partial charge on any atom is 0.268 e. The number of likely N-dealkylation sites (N-methyl/N-ethyl adjacent to an activating group) is 1. The van der Waals surface area contributed by atoms with Gasteiger partial charge in [-0.2, -0.15) is 0 Å². The number of nitrogens with zero attached hydrogens (tertiary/aromatic N) is 1. The first-order valence-corrected chi connectivity index (χ1v) is 23.5. The molecule has 1 amide bonds. The number of allylic oxidation sites excluding steroid dienone is 1. The second-order valence-electron chi connectivity index (χ2n) is 16.4. The summed E-state index contributed by atoms with van der Waals surface area (Å²) in [5.41, 5.74) is 0. The smallest absolute Gasteiger partial charge is 0.268 e. The molecule has 0 saturated carbocycles. The van der Waals surface area contributed by atoms with Crippen LogP contribution in [0, 0.1) is 0 Å². The zero-order valence-electron chi connectivity index (χ0n) is 35.0. The number of nitrogens with one attached hydrogen (secondary N) is 1. The van der Waals surface area contributed by atoms with Crippen LogP contribution in [0.1, 0.15) is 206 Å². The van der Waals surface area contributed by atoms with E-state index in [0.717, 1.165) is 51.4 Å². The predicted octanol–water partition coefficient (Wildman–Crippen LogP) is 11.3. The molecule has 0 spiro atoms. The number of hydrogen-bond donors (Lipinski definition) is 2. The molecule has 0 aliphatic rings. The molecule has 0 aliphatic heterocycles. The van der Waals surface area contributed by atoms with Gasteiger partial charge in [0.05, 0.1) is 39.9 Å². The number of rotatable bonds is 40. The second kappa shape index (κ2) is 35.9. The van der Waals surface area contributed by atoms with E-state index in [4.69, 9.17) is 9.05 Å². The number of aliphatic hydroxyl groups excluding tert-OH is 1. The topological polar surface area (TPSA) is 108 Å². The van der Waals surface area contributed by atoms with Crippen molar-refractivity contribution in [3.63, 3.8) is 0 Å². The number of quaternary nitrogens is 1. The van der Waals surface area contributed by atoms with E-state index in [1.165, 1.54) is 135 Å². The average Bonchev–Trinajstić information content (AvgIpc) is 3.09. The Bertz CT molecular complexity index is 865. The van der Waals surface area contributed by atoms with Crippen molar-refractivity contribution in [3.05, 3.63) is 12.2 Å². The van der Waals surface area contributed by atoms with Crippen LogP contribution in [0.2, 0.25) is 0 Å². The van der Waals surface area contributed by atoms with E-state index >= 15 is 0 Å². The maximum atomic E-state index is 12.6. The van der Waals surface area contributed by atoms with Crippen LogP contribution in [0.4, 0.5) is 0 Å². The summed E-state index contributed by atoms with van der Waals surface area (Å²) in [6.07, 6.45) is 40.3. The number of amides is 1. The Morgan fingerprint density at radius 1 is 0.654 bits per heavy atom. The lowest BCUT2D eigenvalue weighted by molar-refractivity contribution is -0.870. The highest BCUT2D eigenvalue weighted by molar-refractivity contribution is 7.45. The zero-order valence-corrected chi connectivity index (χ0v) is 35.9. The first kappa shape index (κ1) is 51.2. The van der Waals surface area contributed by atoms with E-state index in [1.807, 2.05) is 27.2 Å². The Morgan fingerprint density at radius 3 is 1.44 bits per heavy atom. The van der Waals surface area contributed by atoms with Crippen molar-refractivity contribution in [2.75, 3.05) is 40.9 Å². The van der Waals surface area contributed by atoms with Gasteiger partial charge in [-0.1, -0.05) is 193 Å². The largest absolute Gasteiger partial charge is 0.756 e. The quantitative estimate of drug-likeness (QED) is 0.0279. The molecule has 9 heteroatoms. The van der Waals surface area contributed by atoms with Crippen molar-refractivity contribution < 1.29 is 32.9 Å². The highest BCUT2D eigenvalue weighted by Crippen LogP contribution is 2.38. The summed E-state index contributed by atoms with van der Waals surface area (Å²) in [6, 6.07) is -0.877. The molecule has 0 fully saturated rings. The molecule has 0 aliphatic carbocycles. The number of carbonyl (C=O) groups excluding carboxylic acids is 1. The van der Waals surface area contributed by atoms with Crippen LogP contribution < -0.4 is 10.2 Å². The van der Waals surface area contributed by atoms with E-state index in [9.17, 15) is 19.4 Å². The minimum absolute atomic E-state index is 0.00108. The Morgan fingerprint density at radius 2 is 1.04 bits per heavy atom. The minimum atomic E-state index is -4.57. The maximum absolute atomic E-state index is 12.6. The molecule has 3 atom stereocenters. The number of hydrogen-bond acceptors (Lipinski definition) is 6. The lowest BCUT2D eigenvalue weighted by atomic mass is 10.0. The van der Waals surface area contributed by atoms with Gasteiger partial charge in [0.15, 0.2) is 0 Å². The summed E-state index contributed by atoms with van der Waals surface area (Å²) in [6.45, 7) is 4.56. The van der Waals surface area contributed by atoms with Crippen LogP contribution >= 0.6 is 7.82 Å². The van der Waals surface area contributed by atoms with Crippen LogP contribution in [-0.4, -0.2) is 68.5 Å². The standard InChI is InChI=1S/C43H87N2O6P/c1-6-8-10-12-13-14-15-16-17-18-19-20-21-22-23-24-25-26-27-28-29-30-31-33-34-36-42(46)41(44-43(47)37-35-32-11-9-7-2)40-51-52(48,49)50-39-38-45(3,4)5/h34,36,41-42,46H,6-33,35,37-40H2,1-5H3,(H-,44,47,48,49)/b36-34+. The Hall–Kier alpha value is -0.760. The predicted molar refractivity (Wildman–Crippen MR) is 219 cm³/mol. The van der Waals surface area contributed by atoms with E-state index in [2.05, 4.69) is 19.2 Å². The van der Waals surface area contributed by atoms with E-state index < -0.39 is 20.0 Å². The summed E-state index contributed by atoms with van der Waals surface area (Å²) in [5.74, 6) is -0.209. The minimum Gasteiger partial charge on any atom is -0.756 e.